The summed E-state index contributed by atoms with van der Waals surface area (Å²) in [6.07, 6.45) is -28.7. The van der Waals surface area contributed by atoms with Crippen molar-refractivity contribution in [2.75, 3.05) is 33.5 Å². The first-order valence-corrected chi connectivity index (χ1v) is 15.1. The van der Waals surface area contributed by atoms with Gasteiger partial charge in [0.2, 0.25) is 0 Å². The lowest BCUT2D eigenvalue weighted by molar-refractivity contribution is -0.370. The van der Waals surface area contributed by atoms with Crippen LogP contribution < -0.4 is 0 Å². The number of methoxy groups -OCH3 is 1. The van der Waals surface area contributed by atoms with Crippen LogP contribution in [-0.4, -0.2) is 202 Å². The van der Waals surface area contributed by atoms with E-state index in [1.807, 2.05) is 0 Å². The van der Waals surface area contributed by atoms with E-state index in [1.54, 1.807) is 0 Å². The van der Waals surface area contributed by atoms with Gasteiger partial charge in [-0.25, -0.2) is 0 Å². The van der Waals surface area contributed by atoms with Crippen molar-refractivity contribution < 1.29 is 103 Å². The molecule has 4 aliphatic rings. The van der Waals surface area contributed by atoms with Crippen LogP contribution in [0.4, 0.5) is 0 Å². The van der Waals surface area contributed by atoms with Crippen molar-refractivity contribution in [2.24, 2.45) is 0 Å². The summed E-state index contributed by atoms with van der Waals surface area (Å²) in [4.78, 5) is 22.9. The van der Waals surface area contributed by atoms with Crippen LogP contribution in [-0.2, 0) is 57.0 Å². The fourth-order valence-corrected chi connectivity index (χ4v) is 5.50. The van der Waals surface area contributed by atoms with Gasteiger partial charge in [0, 0.05) is 21.0 Å². The Balaban J connectivity index is 1.45. The number of carbonyl (C=O) groups is 2. The van der Waals surface area contributed by atoms with Gasteiger partial charge in [0.1, 0.15) is 86.0 Å². The van der Waals surface area contributed by atoms with Crippen molar-refractivity contribution in [3.63, 3.8) is 0 Å². The van der Waals surface area contributed by atoms with Crippen LogP contribution in [0.15, 0.2) is 0 Å². The third-order valence-corrected chi connectivity index (χ3v) is 8.19. The Labute approximate surface area is 273 Å². The minimum Gasteiger partial charge on any atom is -0.463 e. The van der Waals surface area contributed by atoms with E-state index in [2.05, 4.69) is 0 Å². The van der Waals surface area contributed by atoms with Crippen LogP contribution in [0.2, 0.25) is 0 Å². The summed E-state index contributed by atoms with van der Waals surface area (Å²) in [5.74, 6) is -1.50. The number of rotatable bonds is 11. The van der Waals surface area contributed by atoms with Gasteiger partial charge >= 0.3 is 11.9 Å². The van der Waals surface area contributed by atoms with Crippen LogP contribution in [0.1, 0.15) is 13.8 Å². The summed E-state index contributed by atoms with van der Waals surface area (Å²) in [5.41, 5.74) is 0. The molecule has 4 saturated heterocycles. The Morgan fingerprint density at radius 1 is 0.604 bits per heavy atom. The molecule has 4 heterocycles. The molecule has 0 aliphatic carbocycles. The molecule has 0 bridgehead atoms. The maximum atomic E-state index is 11.6. The zero-order valence-corrected chi connectivity index (χ0v) is 26.1. The molecule has 48 heavy (non-hydrogen) atoms. The Morgan fingerprint density at radius 2 is 1.17 bits per heavy atom. The molecule has 0 aromatic carbocycles. The van der Waals surface area contributed by atoms with Gasteiger partial charge in [-0.15, -0.1) is 0 Å². The first kappa shape index (κ1) is 39.1. The van der Waals surface area contributed by atoms with E-state index >= 15 is 0 Å². The quantitative estimate of drug-likeness (QED) is 0.0903. The standard InChI is InChI=1S/C27H44O21/c1-8(28)40-5-11-15(32)18(35)21(38)25(45-11)48-22-17(34)13(44-9(2)29)7-43-27(22)42-6-12-16(33)19(36)23(26(39-3)46-12)47-24-20(37)14(31)10(30)4-41-24/h10-27,30-38H,4-7H2,1-3H3. The summed E-state index contributed by atoms with van der Waals surface area (Å²) in [5, 5.41) is 93.9. The van der Waals surface area contributed by atoms with Crippen LogP contribution in [0.5, 0.6) is 0 Å². The van der Waals surface area contributed by atoms with E-state index in [-0.39, 0.29) is 0 Å². The largest absolute Gasteiger partial charge is 0.463 e. The Kier molecular flexibility index (Phi) is 13.8. The molecule has 4 rings (SSSR count). The molecule has 9 N–H and O–H groups in total. The predicted molar refractivity (Wildman–Crippen MR) is 146 cm³/mol. The lowest BCUT2D eigenvalue weighted by Crippen LogP contribution is -2.64. The highest BCUT2D eigenvalue weighted by Crippen LogP contribution is 2.31. The van der Waals surface area contributed by atoms with Crippen LogP contribution >= 0.6 is 0 Å². The zero-order chi connectivity index (χ0) is 35.4. The summed E-state index contributed by atoms with van der Waals surface area (Å²) in [7, 11) is 1.19. The molecule has 0 amide bonds. The van der Waals surface area contributed by atoms with Gasteiger partial charge < -0.3 is 93.3 Å². The summed E-state index contributed by atoms with van der Waals surface area (Å²) in [6, 6.07) is 0. The lowest BCUT2D eigenvalue weighted by Gasteiger charge is -2.46. The summed E-state index contributed by atoms with van der Waals surface area (Å²) < 4.78 is 54.3. The van der Waals surface area contributed by atoms with Crippen molar-refractivity contribution >= 4 is 11.9 Å². The molecule has 0 saturated carbocycles. The average molecular weight is 705 g/mol. The van der Waals surface area contributed by atoms with Crippen LogP contribution in [0, 0.1) is 0 Å². The maximum absolute atomic E-state index is 11.6. The first-order chi connectivity index (χ1) is 22.6. The fraction of sp³-hybridized carbons (Fsp3) is 0.926. The maximum Gasteiger partial charge on any atom is 0.303 e. The summed E-state index contributed by atoms with van der Waals surface area (Å²) in [6.45, 7) is 0.277. The second kappa shape index (κ2) is 17.0. The number of ether oxygens (including phenoxy) is 10. The van der Waals surface area contributed by atoms with Crippen LogP contribution in [0.3, 0.4) is 0 Å². The molecule has 4 fully saturated rings. The molecule has 0 radical (unpaired) electrons. The second-order valence-corrected chi connectivity index (χ2v) is 11.7. The van der Waals surface area contributed by atoms with E-state index in [9.17, 15) is 55.5 Å². The van der Waals surface area contributed by atoms with Gasteiger partial charge in [0.05, 0.1) is 19.8 Å². The number of carbonyl (C=O) groups excluding carboxylic acids is 2. The van der Waals surface area contributed by atoms with Gasteiger partial charge in [-0.2, -0.15) is 0 Å². The molecule has 0 aromatic rings. The number of aliphatic hydroxyl groups is 9. The molecule has 18 unspecified atom stereocenters. The van der Waals surface area contributed by atoms with Gasteiger partial charge in [-0.3, -0.25) is 9.59 Å². The minimum absolute atomic E-state index is 0.395. The Hall–Kier alpha value is -1.74. The highest BCUT2D eigenvalue weighted by Gasteiger charge is 2.52. The number of hydrogen-bond donors (Lipinski definition) is 9. The van der Waals surface area contributed by atoms with Crippen molar-refractivity contribution in [2.45, 2.75) is 124 Å². The van der Waals surface area contributed by atoms with Crippen molar-refractivity contribution in [3.8, 4) is 0 Å². The topological polar surface area (TPSA) is 309 Å². The highest BCUT2D eigenvalue weighted by molar-refractivity contribution is 5.66. The van der Waals surface area contributed by atoms with Gasteiger partial charge in [-0.1, -0.05) is 0 Å². The average Bonchev–Trinajstić information content (AvgIpc) is 3.04. The van der Waals surface area contributed by atoms with Gasteiger partial charge in [0.15, 0.2) is 31.3 Å². The molecule has 21 nitrogen and oxygen atoms in total. The number of aliphatic hydroxyl groups excluding tert-OH is 9. The van der Waals surface area contributed by atoms with Crippen molar-refractivity contribution in [1.29, 1.82) is 0 Å². The van der Waals surface area contributed by atoms with E-state index in [0.29, 0.717) is 0 Å². The monoisotopic (exact) mass is 704 g/mol. The van der Waals surface area contributed by atoms with Gasteiger partial charge in [-0.05, 0) is 0 Å². The van der Waals surface area contributed by atoms with Gasteiger partial charge in [0.25, 0.3) is 0 Å². The highest BCUT2D eigenvalue weighted by atomic mass is 16.8. The Morgan fingerprint density at radius 3 is 1.81 bits per heavy atom. The normalized spacial score (nSPS) is 46.9. The molecular weight excluding hydrogens is 660 g/mol. The van der Waals surface area contributed by atoms with Crippen LogP contribution in [0.25, 0.3) is 0 Å². The third-order valence-electron chi connectivity index (χ3n) is 8.19. The van der Waals surface area contributed by atoms with E-state index in [0.717, 1.165) is 13.8 Å². The third kappa shape index (κ3) is 8.94. The zero-order valence-electron chi connectivity index (χ0n) is 26.1. The summed E-state index contributed by atoms with van der Waals surface area (Å²) >= 11 is 0. The lowest BCUT2D eigenvalue weighted by atomic mass is 9.98. The molecule has 18 atom stereocenters. The SMILES string of the molecule is COC1OC(COC2OCC(OC(C)=O)C(O)C2OC2OC(COC(C)=O)C(O)C(O)C2O)C(O)C(O)C1OC1OCC(O)C(O)C1O. The number of esters is 2. The molecule has 21 heteroatoms. The van der Waals surface area contributed by atoms with E-state index in [4.69, 9.17) is 47.4 Å². The van der Waals surface area contributed by atoms with E-state index in [1.165, 1.54) is 7.11 Å². The van der Waals surface area contributed by atoms with Crippen molar-refractivity contribution in [1.82, 2.24) is 0 Å². The Bertz CT molecular complexity index is 1050. The molecular formula is C27H44O21. The number of hydrogen-bond acceptors (Lipinski definition) is 21. The molecule has 278 valence electrons. The predicted octanol–water partition coefficient (Wildman–Crippen LogP) is -6.67. The molecule has 0 aromatic heterocycles. The molecule has 4 aliphatic heterocycles. The minimum atomic E-state index is -1.90. The van der Waals surface area contributed by atoms with E-state index < -0.39 is 149 Å². The first-order valence-electron chi connectivity index (χ1n) is 15.1. The van der Waals surface area contributed by atoms with Crippen molar-refractivity contribution in [3.05, 3.63) is 0 Å². The second-order valence-electron chi connectivity index (χ2n) is 11.7. The smallest absolute Gasteiger partial charge is 0.303 e. The molecule has 0 spiro atoms. The fourth-order valence-electron chi connectivity index (χ4n) is 5.50.